The van der Waals surface area contributed by atoms with Crippen molar-refractivity contribution in [3.8, 4) is 22.9 Å². The van der Waals surface area contributed by atoms with Crippen LogP contribution in [0.25, 0.3) is 22.6 Å². The minimum atomic E-state index is 0.137. The summed E-state index contributed by atoms with van der Waals surface area (Å²) in [7, 11) is 3.44. The molecule has 0 spiro atoms. The smallest absolute Gasteiger partial charge is 0.160 e. The van der Waals surface area contributed by atoms with Gasteiger partial charge in [0.15, 0.2) is 5.65 Å². The van der Waals surface area contributed by atoms with E-state index < -0.39 is 0 Å². The molecule has 0 unspecified atom stereocenters. The van der Waals surface area contributed by atoms with Crippen LogP contribution in [0.3, 0.4) is 0 Å². The maximum absolute atomic E-state index is 10.1. The lowest BCUT2D eigenvalue weighted by molar-refractivity contribution is 0.408. The fourth-order valence-electron chi connectivity index (χ4n) is 2.09. The Morgan fingerprint density at radius 3 is 2.79 bits per heavy atom. The number of phenols is 1. The molecule has 3 aromatic rings. The Morgan fingerprint density at radius 1 is 1.26 bits per heavy atom. The molecule has 0 aliphatic heterocycles. The van der Waals surface area contributed by atoms with Crippen LogP contribution in [0.1, 0.15) is 0 Å². The third-order valence-corrected chi connectivity index (χ3v) is 3.07. The highest BCUT2D eigenvalue weighted by molar-refractivity contribution is 5.78. The van der Waals surface area contributed by atoms with Gasteiger partial charge in [0.05, 0.1) is 12.7 Å². The topological polar surface area (TPSA) is 60.2 Å². The third kappa shape index (κ3) is 1.79. The molecule has 0 atom stereocenters. The maximum Gasteiger partial charge on any atom is 0.160 e. The van der Waals surface area contributed by atoms with Crippen molar-refractivity contribution < 1.29 is 9.84 Å². The average Bonchev–Trinajstić information content (AvgIpc) is 2.76. The van der Waals surface area contributed by atoms with Gasteiger partial charge in [0.1, 0.15) is 22.8 Å². The Labute approximate surface area is 110 Å². The summed E-state index contributed by atoms with van der Waals surface area (Å²) in [4.78, 5) is 8.78. The first-order valence-electron chi connectivity index (χ1n) is 5.85. The summed E-state index contributed by atoms with van der Waals surface area (Å²) in [5.41, 5.74) is 2.24. The number of pyridine rings is 1. The fraction of sp³-hybridized carbons (Fsp3) is 0.143. The third-order valence-electron chi connectivity index (χ3n) is 3.07. The van der Waals surface area contributed by atoms with E-state index in [0.717, 1.165) is 11.2 Å². The van der Waals surface area contributed by atoms with Gasteiger partial charge in [-0.15, -0.1) is 0 Å². The van der Waals surface area contributed by atoms with E-state index in [-0.39, 0.29) is 5.75 Å². The molecule has 5 heteroatoms. The van der Waals surface area contributed by atoms with Gasteiger partial charge in [0.2, 0.25) is 0 Å². The zero-order valence-corrected chi connectivity index (χ0v) is 10.7. The SMILES string of the molecule is COc1ccc(-c2nc3cccnc3n2C)c(O)c1. The van der Waals surface area contributed by atoms with E-state index >= 15 is 0 Å². The van der Waals surface area contributed by atoms with E-state index in [1.165, 1.54) is 0 Å². The van der Waals surface area contributed by atoms with Crippen molar-refractivity contribution >= 4 is 11.2 Å². The highest BCUT2D eigenvalue weighted by Crippen LogP contribution is 2.32. The molecule has 3 rings (SSSR count). The quantitative estimate of drug-likeness (QED) is 0.763. The van der Waals surface area contributed by atoms with Gasteiger partial charge in [0, 0.05) is 19.3 Å². The molecule has 5 nitrogen and oxygen atoms in total. The molecule has 96 valence electrons. The van der Waals surface area contributed by atoms with Crippen molar-refractivity contribution in [3.05, 3.63) is 36.5 Å². The highest BCUT2D eigenvalue weighted by Gasteiger charge is 2.14. The number of aromatic hydroxyl groups is 1. The standard InChI is InChI=1S/C14H13N3O2/c1-17-13(16-11-4-3-7-15-14(11)17)10-6-5-9(19-2)8-12(10)18/h3-8,18H,1-2H3. The number of benzene rings is 1. The van der Waals surface area contributed by atoms with Gasteiger partial charge in [0.25, 0.3) is 0 Å². The van der Waals surface area contributed by atoms with Crippen molar-refractivity contribution in [2.24, 2.45) is 7.05 Å². The number of imidazole rings is 1. The molecular weight excluding hydrogens is 242 g/mol. The second kappa shape index (κ2) is 4.28. The van der Waals surface area contributed by atoms with Crippen molar-refractivity contribution in [1.29, 1.82) is 0 Å². The Morgan fingerprint density at radius 2 is 2.11 bits per heavy atom. The minimum absolute atomic E-state index is 0.137. The molecule has 0 aliphatic carbocycles. The van der Waals surface area contributed by atoms with E-state index in [2.05, 4.69) is 9.97 Å². The van der Waals surface area contributed by atoms with Crippen LogP contribution >= 0.6 is 0 Å². The van der Waals surface area contributed by atoms with Gasteiger partial charge in [-0.25, -0.2) is 9.97 Å². The van der Waals surface area contributed by atoms with E-state index in [4.69, 9.17) is 4.74 Å². The normalized spacial score (nSPS) is 10.8. The maximum atomic E-state index is 10.1. The number of hydrogen-bond donors (Lipinski definition) is 1. The van der Waals surface area contributed by atoms with Crippen LogP contribution in [0, 0.1) is 0 Å². The van der Waals surface area contributed by atoms with Gasteiger partial charge in [-0.3, -0.25) is 0 Å². The van der Waals surface area contributed by atoms with Crippen LogP contribution in [-0.2, 0) is 7.05 Å². The monoisotopic (exact) mass is 255 g/mol. The first-order chi connectivity index (χ1) is 9.20. The minimum Gasteiger partial charge on any atom is -0.507 e. The largest absolute Gasteiger partial charge is 0.507 e. The van der Waals surface area contributed by atoms with Crippen molar-refractivity contribution in [2.45, 2.75) is 0 Å². The van der Waals surface area contributed by atoms with E-state index in [9.17, 15) is 5.11 Å². The molecule has 0 fully saturated rings. The molecule has 0 amide bonds. The highest BCUT2D eigenvalue weighted by atomic mass is 16.5. The van der Waals surface area contributed by atoms with Gasteiger partial charge in [-0.1, -0.05) is 0 Å². The first-order valence-corrected chi connectivity index (χ1v) is 5.85. The van der Waals surface area contributed by atoms with E-state index in [1.54, 1.807) is 31.5 Å². The summed E-state index contributed by atoms with van der Waals surface area (Å²) in [5.74, 6) is 1.42. The number of rotatable bonds is 2. The van der Waals surface area contributed by atoms with Gasteiger partial charge in [-0.05, 0) is 24.3 Å². The van der Waals surface area contributed by atoms with Crippen LogP contribution in [0.15, 0.2) is 36.5 Å². The van der Waals surface area contributed by atoms with Crippen LogP contribution in [0.4, 0.5) is 0 Å². The Kier molecular flexibility index (Phi) is 2.59. The Bertz CT molecular complexity index is 750. The molecule has 0 aliphatic rings. The van der Waals surface area contributed by atoms with Crippen LogP contribution in [0.5, 0.6) is 11.5 Å². The second-order valence-electron chi connectivity index (χ2n) is 4.22. The summed E-state index contributed by atoms with van der Waals surface area (Å²) in [6.45, 7) is 0. The average molecular weight is 255 g/mol. The van der Waals surface area contributed by atoms with E-state index in [0.29, 0.717) is 17.1 Å². The van der Waals surface area contributed by atoms with E-state index in [1.807, 2.05) is 23.7 Å². The fourth-order valence-corrected chi connectivity index (χ4v) is 2.09. The molecule has 2 heterocycles. The lowest BCUT2D eigenvalue weighted by atomic mass is 10.2. The molecule has 1 aromatic carbocycles. The number of fused-ring (bicyclic) bond motifs is 1. The van der Waals surface area contributed by atoms with Gasteiger partial charge >= 0.3 is 0 Å². The van der Waals surface area contributed by atoms with Crippen LogP contribution in [-0.4, -0.2) is 26.8 Å². The summed E-state index contributed by atoms with van der Waals surface area (Å²) in [5, 5.41) is 10.1. The van der Waals surface area contributed by atoms with Crippen molar-refractivity contribution in [2.75, 3.05) is 7.11 Å². The molecule has 2 aromatic heterocycles. The summed E-state index contributed by atoms with van der Waals surface area (Å²) in [6.07, 6.45) is 1.72. The Balaban J connectivity index is 2.21. The van der Waals surface area contributed by atoms with Gasteiger partial charge in [-0.2, -0.15) is 0 Å². The molecule has 0 saturated heterocycles. The second-order valence-corrected chi connectivity index (χ2v) is 4.22. The molecule has 0 radical (unpaired) electrons. The number of hydrogen-bond acceptors (Lipinski definition) is 4. The zero-order valence-electron chi connectivity index (χ0n) is 10.7. The number of phenolic OH excluding ortho intramolecular Hbond substituents is 1. The number of nitrogens with zero attached hydrogens (tertiary/aromatic N) is 3. The number of aryl methyl sites for hydroxylation is 1. The molecule has 1 N–H and O–H groups in total. The lowest BCUT2D eigenvalue weighted by Crippen LogP contribution is -1.94. The zero-order chi connectivity index (χ0) is 13.4. The Hall–Kier alpha value is -2.56. The molecule has 0 saturated carbocycles. The predicted molar refractivity (Wildman–Crippen MR) is 72.2 cm³/mol. The lowest BCUT2D eigenvalue weighted by Gasteiger charge is -2.06. The summed E-state index contributed by atoms with van der Waals surface area (Å²) in [6, 6.07) is 8.89. The van der Waals surface area contributed by atoms with Crippen molar-refractivity contribution in [3.63, 3.8) is 0 Å². The predicted octanol–water partition coefficient (Wildman–Crippen LogP) is 2.35. The van der Waals surface area contributed by atoms with Crippen LogP contribution in [0.2, 0.25) is 0 Å². The summed E-state index contributed by atoms with van der Waals surface area (Å²) >= 11 is 0. The van der Waals surface area contributed by atoms with Gasteiger partial charge < -0.3 is 14.4 Å². The molecule has 19 heavy (non-hydrogen) atoms. The summed E-state index contributed by atoms with van der Waals surface area (Å²) < 4.78 is 6.93. The molecule has 0 bridgehead atoms. The van der Waals surface area contributed by atoms with Crippen molar-refractivity contribution in [1.82, 2.24) is 14.5 Å². The number of ether oxygens (including phenoxy) is 1. The number of methoxy groups -OCH3 is 1. The molecular formula is C14H13N3O2. The first kappa shape index (κ1) is 11.5. The number of aromatic nitrogens is 3. The van der Waals surface area contributed by atoms with Crippen LogP contribution < -0.4 is 4.74 Å².